The molecule has 1 heterocycles. The first-order valence-corrected chi connectivity index (χ1v) is 8.71. The summed E-state index contributed by atoms with van der Waals surface area (Å²) in [5, 5.41) is 16.7. The SMILES string of the molecule is Cc1cccc(NC(=O)/C(C#N)=C\c2c(C)nn(-c3ccc(F)cc3)c2C)c1. The zero-order valence-electron chi connectivity index (χ0n) is 15.8. The third kappa shape index (κ3) is 3.99. The number of benzene rings is 2. The molecule has 0 aliphatic rings. The van der Waals surface area contributed by atoms with Gasteiger partial charge in [-0.15, -0.1) is 0 Å². The van der Waals surface area contributed by atoms with Crippen LogP contribution in [0.5, 0.6) is 0 Å². The van der Waals surface area contributed by atoms with Gasteiger partial charge in [-0.05, 0) is 68.8 Å². The fourth-order valence-electron chi connectivity index (χ4n) is 2.91. The molecule has 0 fully saturated rings. The largest absolute Gasteiger partial charge is 0.321 e. The zero-order chi connectivity index (χ0) is 20.3. The van der Waals surface area contributed by atoms with Crippen LogP contribution in [0, 0.1) is 37.9 Å². The summed E-state index contributed by atoms with van der Waals surface area (Å²) < 4.78 is 14.8. The lowest BCUT2D eigenvalue weighted by Gasteiger charge is -2.06. The molecule has 1 N–H and O–H groups in total. The second-order valence-electron chi connectivity index (χ2n) is 6.47. The van der Waals surface area contributed by atoms with Crippen molar-refractivity contribution in [1.82, 2.24) is 9.78 Å². The van der Waals surface area contributed by atoms with Gasteiger partial charge in [-0.25, -0.2) is 9.07 Å². The highest BCUT2D eigenvalue weighted by Crippen LogP contribution is 2.21. The van der Waals surface area contributed by atoms with Gasteiger partial charge in [-0.1, -0.05) is 12.1 Å². The van der Waals surface area contributed by atoms with Gasteiger partial charge in [0.1, 0.15) is 17.5 Å². The van der Waals surface area contributed by atoms with Crippen LogP contribution in [-0.2, 0) is 4.79 Å². The number of nitrogens with zero attached hydrogens (tertiary/aromatic N) is 3. The minimum absolute atomic E-state index is 0.0219. The number of anilines is 1. The van der Waals surface area contributed by atoms with Gasteiger partial charge in [-0.2, -0.15) is 10.4 Å². The number of halogens is 1. The Morgan fingerprint density at radius 2 is 1.89 bits per heavy atom. The Hall–Kier alpha value is -3.72. The van der Waals surface area contributed by atoms with Crippen molar-refractivity contribution in [2.24, 2.45) is 0 Å². The van der Waals surface area contributed by atoms with Crippen LogP contribution >= 0.6 is 0 Å². The number of rotatable bonds is 4. The summed E-state index contributed by atoms with van der Waals surface area (Å²) in [6, 6.07) is 15.3. The standard InChI is InChI=1S/C22H19FN4O/c1-14-5-4-6-19(11-14)25-22(28)17(13-24)12-21-15(2)26-27(16(21)3)20-9-7-18(23)8-10-20/h4-12H,1-3H3,(H,25,28)/b17-12-. The van der Waals surface area contributed by atoms with Crippen LogP contribution in [0.3, 0.4) is 0 Å². The van der Waals surface area contributed by atoms with E-state index in [0.717, 1.165) is 11.3 Å². The molecular formula is C22H19FN4O. The first-order valence-electron chi connectivity index (χ1n) is 8.71. The van der Waals surface area contributed by atoms with Gasteiger partial charge in [0, 0.05) is 16.9 Å². The molecular weight excluding hydrogens is 355 g/mol. The highest BCUT2D eigenvalue weighted by Gasteiger charge is 2.15. The van der Waals surface area contributed by atoms with Crippen LogP contribution in [0.15, 0.2) is 54.1 Å². The van der Waals surface area contributed by atoms with Gasteiger partial charge < -0.3 is 5.32 Å². The molecule has 0 spiro atoms. The molecule has 28 heavy (non-hydrogen) atoms. The highest BCUT2D eigenvalue weighted by atomic mass is 19.1. The van der Waals surface area contributed by atoms with E-state index < -0.39 is 5.91 Å². The van der Waals surface area contributed by atoms with Crippen LogP contribution < -0.4 is 5.32 Å². The van der Waals surface area contributed by atoms with E-state index >= 15 is 0 Å². The van der Waals surface area contributed by atoms with E-state index in [4.69, 9.17) is 0 Å². The lowest BCUT2D eigenvalue weighted by atomic mass is 10.1. The van der Waals surface area contributed by atoms with E-state index in [1.165, 1.54) is 18.2 Å². The third-order valence-electron chi connectivity index (χ3n) is 4.35. The second-order valence-corrected chi connectivity index (χ2v) is 6.47. The Kier molecular flexibility index (Phi) is 5.37. The number of amides is 1. The van der Waals surface area contributed by atoms with Crippen LogP contribution in [-0.4, -0.2) is 15.7 Å². The lowest BCUT2D eigenvalue weighted by molar-refractivity contribution is -0.112. The summed E-state index contributed by atoms with van der Waals surface area (Å²) in [6.45, 7) is 5.56. The summed E-state index contributed by atoms with van der Waals surface area (Å²) >= 11 is 0. The summed E-state index contributed by atoms with van der Waals surface area (Å²) in [4.78, 5) is 12.5. The maximum atomic E-state index is 13.2. The van der Waals surface area contributed by atoms with Gasteiger partial charge in [0.15, 0.2) is 0 Å². The minimum Gasteiger partial charge on any atom is -0.321 e. The Morgan fingerprint density at radius 3 is 2.54 bits per heavy atom. The smallest absolute Gasteiger partial charge is 0.266 e. The number of carbonyl (C=O) groups excluding carboxylic acids is 1. The maximum absolute atomic E-state index is 13.2. The monoisotopic (exact) mass is 374 g/mol. The molecule has 0 aliphatic heterocycles. The Bertz CT molecular complexity index is 1100. The molecule has 0 bridgehead atoms. The number of nitriles is 1. The molecule has 1 amide bonds. The van der Waals surface area contributed by atoms with E-state index in [9.17, 15) is 14.4 Å². The Labute approximate surface area is 162 Å². The third-order valence-corrected chi connectivity index (χ3v) is 4.35. The molecule has 0 saturated carbocycles. The first kappa shape index (κ1) is 19.1. The van der Waals surface area contributed by atoms with Gasteiger partial charge >= 0.3 is 0 Å². The average Bonchev–Trinajstić information content (AvgIpc) is 2.94. The van der Waals surface area contributed by atoms with Crippen molar-refractivity contribution in [3.05, 3.63) is 82.4 Å². The molecule has 2 aromatic carbocycles. The van der Waals surface area contributed by atoms with E-state index in [0.29, 0.717) is 22.6 Å². The summed E-state index contributed by atoms with van der Waals surface area (Å²) in [5.41, 5.74) is 4.41. The van der Waals surface area contributed by atoms with Crippen molar-refractivity contribution in [3.63, 3.8) is 0 Å². The Balaban J connectivity index is 1.93. The van der Waals surface area contributed by atoms with E-state index in [-0.39, 0.29) is 11.4 Å². The molecule has 140 valence electrons. The van der Waals surface area contributed by atoms with Crippen LogP contribution in [0.25, 0.3) is 11.8 Å². The number of aryl methyl sites for hydroxylation is 2. The van der Waals surface area contributed by atoms with Crippen LogP contribution in [0.1, 0.15) is 22.5 Å². The molecule has 6 heteroatoms. The predicted octanol–water partition coefficient (Wildman–Crippen LogP) is 4.48. The van der Waals surface area contributed by atoms with Gasteiger partial charge in [0.2, 0.25) is 0 Å². The molecule has 3 aromatic rings. The van der Waals surface area contributed by atoms with Gasteiger partial charge in [-0.3, -0.25) is 4.79 Å². The van der Waals surface area contributed by atoms with Crippen molar-refractivity contribution in [3.8, 4) is 11.8 Å². The summed E-state index contributed by atoms with van der Waals surface area (Å²) in [5.74, 6) is -0.814. The van der Waals surface area contributed by atoms with Crippen molar-refractivity contribution < 1.29 is 9.18 Å². The molecule has 0 unspecified atom stereocenters. The number of carbonyl (C=O) groups is 1. The van der Waals surface area contributed by atoms with E-state index in [2.05, 4.69) is 10.4 Å². The number of nitrogens with one attached hydrogen (secondary N) is 1. The molecule has 1 aromatic heterocycles. The maximum Gasteiger partial charge on any atom is 0.266 e. The summed E-state index contributed by atoms with van der Waals surface area (Å²) in [6.07, 6.45) is 1.53. The number of hydrogen-bond acceptors (Lipinski definition) is 3. The van der Waals surface area contributed by atoms with Crippen molar-refractivity contribution in [2.45, 2.75) is 20.8 Å². The van der Waals surface area contributed by atoms with Crippen LogP contribution in [0.2, 0.25) is 0 Å². The normalized spacial score (nSPS) is 11.2. The van der Waals surface area contributed by atoms with Gasteiger partial charge in [0.05, 0.1) is 11.4 Å². The summed E-state index contributed by atoms with van der Waals surface area (Å²) in [7, 11) is 0. The number of hydrogen-bond donors (Lipinski definition) is 1. The molecule has 3 rings (SSSR count). The topological polar surface area (TPSA) is 70.7 Å². The van der Waals surface area contributed by atoms with Crippen molar-refractivity contribution in [1.29, 1.82) is 5.26 Å². The quantitative estimate of drug-likeness (QED) is 0.541. The van der Waals surface area contributed by atoms with E-state index in [1.54, 1.807) is 29.8 Å². The molecule has 0 aliphatic carbocycles. The van der Waals surface area contributed by atoms with Crippen molar-refractivity contribution in [2.75, 3.05) is 5.32 Å². The first-order chi connectivity index (χ1) is 13.4. The highest BCUT2D eigenvalue weighted by molar-refractivity contribution is 6.09. The molecule has 0 saturated heterocycles. The zero-order valence-corrected chi connectivity index (χ0v) is 15.8. The molecule has 0 radical (unpaired) electrons. The van der Waals surface area contributed by atoms with Crippen molar-refractivity contribution >= 4 is 17.7 Å². The minimum atomic E-state index is -0.485. The van der Waals surface area contributed by atoms with Crippen LogP contribution in [0.4, 0.5) is 10.1 Å². The number of aromatic nitrogens is 2. The second kappa shape index (κ2) is 7.89. The van der Waals surface area contributed by atoms with E-state index in [1.807, 2.05) is 38.1 Å². The predicted molar refractivity (Wildman–Crippen MR) is 106 cm³/mol. The Morgan fingerprint density at radius 1 is 1.18 bits per heavy atom. The fraction of sp³-hybridized carbons (Fsp3) is 0.136. The fourth-order valence-corrected chi connectivity index (χ4v) is 2.91. The average molecular weight is 374 g/mol. The molecule has 0 atom stereocenters. The molecule has 5 nitrogen and oxygen atoms in total. The van der Waals surface area contributed by atoms with Gasteiger partial charge in [0.25, 0.3) is 5.91 Å². The lowest BCUT2D eigenvalue weighted by Crippen LogP contribution is -2.13.